The van der Waals surface area contributed by atoms with Gasteiger partial charge in [0.05, 0.1) is 7.11 Å². The van der Waals surface area contributed by atoms with Gasteiger partial charge in [0, 0.05) is 5.56 Å². The number of ether oxygens (including phenoxy) is 1. The fourth-order valence-corrected chi connectivity index (χ4v) is 2.90. The van der Waals surface area contributed by atoms with Gasteiger partial charge in [-0.25, -0.2) is 0 Å². The summed E-state index contributed by atoms with van der Waals surface area (Å²) in [6.07, 6.45) is 0.904. The second-order valence-electron chi connectivity index (χ2n) is 5.57. The van der Waals surface area contributed by atoms with E-state index >= 15 is 0 Å². The molecule has 0 heterocycles. The highest BCUT2D eigenvalue weighted by molar-refractivity contribution is 5.90. The fourth-order valence-electron chi connectivity index (χ4n) is 2.90. The summed E-state index contributed by atoms with van der Waals surface area (Å²) in [7, 11) is 1.61. The summed E-state index contributed by atoms with van der Waals surface area (Å²) in [5.74, 6) is 0.705. The third-order valence-electron chi connectivity index (χ3n) is 4.66. The predicted molar refractivity (Wildman–Crippen MR) is 87.5 cm³/mol. The fraction of sp³-hybridized carbons (Fsp3) is 0.316. The van der Waals surface area contributed by atoms with E-state index in [9.17, 15) is 4.79 Å². The van der Waals surface area contributed by atoms with Crippen LogP contribution in [0.5, 0.6) is 5.75 Å². The Morgan fingerprint density at radius 1 is 0.857 bits per heavy atom. The van der Waals surface area contributed by atoms with Crippen molar-refractivity contribution < 1.29 is 9.53 Å². The maximum Gasteiger partial charge on any atom is 0.150 e. The molecule has 0 bridgehead atoms. The summed E-state index contributed by atoms with van der Waals surface area (Å²) in [5.41, 5.74) is 9.21. The summed E-state index contributed by atoms with van der Waals surface area (Å²) in [5, 5.41) is 0. The Kier molecular flexibility index (Phi) is 4.17. The zero-order valence-corrected chi connectivity index (χ0v) is 13.6. The minimum Gasteiger partial charge on any atom is -0.497 e. The van der Waals surface area contributed by atoms with Crippen molar-refractivity contribution in [3.63, 3.8) is 0 Å². The molecule has 0 atom stereocenters. The summed E-state index contributed by atoms with van der Waals surface area (Å²) >= 11 is 0. The molecule has 0 spiro atoms. The van der Waals surface area contributed by atoms with Crippen molar-refractivity contribution in [1.29, 1.82) is 0 Å². The SMILES string of the molecule is COc1ccc(-c2c(C)c(C)c(C)c(C)c2C)c(C=O)c1. The molecule has 0 amide bonds. The molecule has 0 saturated heterocycles. The Hall–Kier alpha value is -2.09. The van der Waals surface area contributed by atoms with Crippen molar-refractivity contribution in [2.75, 3.05) is 7.11 Å². The number of aldehydes is 1. The Morgan fingerprint density at radius 3 is 1.86 bits per heavy atom. The van der Waals surface area contributed by atoms with Gasteiger partial charge in [0.1, 0.15) is 5.75 Å². The van der Waals surface area contributed by atoms with E-state index in [2.05, 4.69) is 34.6 Å². The third-order valence-corrected chi connectivity index (χ3v) is 4.66. The van der Waals surface area contributed by atoms with Gasteiger partial charge in [-0.2, -0.15) is 0 Å². The first kappa shape index (κ1) is 15.3. The molecule has 2 aromatic carbocycles. The van der Waals surface area contributed by atoms with E-state index in [4.69, 9.17) is 4.74 Å². The average molecular weight is 282 g/mol. The second kappa shape index (κ2) is 5.72. The van der Waals surface area contributed by atoms with Crippen molar-refractivity contribution in [3.8, 4) is 16.9 Å². The van der Waals surface area contributed by atoms with Crippen LogP contribution in [-0.2, 0) is 0 Å². The van der Waals surface area contributed by atoms with E-state index in [1.165, 1.54) is 33.4 Å². The standard InChI is InChI=1S/C19H22O2/c1-11-12(2)14(4)19(15(5)13(11)3)18-8-7-17(21-6)9-16(18)10-20/h7-10H,1-6H3. The first-order valence-electron chi connectivity index (χ1n) is 7.12. The quantitative estimate of drug-likeness (QED) is 0.762. The number of hydrogen-bond acceptors (Lipinski definition) is 2. The number of carbonyl (C=O) groups is 1. The molecule has 21 heavy (non-hydrogen) atoms. The van der Waals surface area contributed by atoms with E-state index in [0.717, 1.165) is 11.8 Å². The Balaban J connectivity index is 2.82. The lowest BCUT2D eigenvalue weighted by Gasteiger charge is -2.20. The second-order valence-corrected chi connectivity index (χ2v) is 5.57. The lowest BCUT2D eigenvalue weighted by Crippen LogP contribution is -2.01. The molecule has 0 saturated carbocycles. The monoisotopic (exact) mass is 282 g/mol. The van der Waals surface area contributed by atoms with Crippen molar-refractivity contribution in [2.45, 2.75) is 34.6 Å². The Labute approximate surface area is 126 Å². The maximum atomic E-state index is 11.5. The molecule has 0 aromatic heterocycles. The van der Waals surface area contributed by atoms with Crippen molar-refractivity contribution in [3.05, 3.63) is 51.6 Å². The Bertz CT molecular complexity index is 683. The summed E-state index contributed by atoms with van der Waals surface area (Å²) in [4.78, 5) is 11.5. The number of benzene rings is 2. The largest absolute Gasteiger partial charge is 0.497 e. The molecule has 0 radical (unpaired) electrons. The van der Waals surface area contributed by atoms with Crippen molar-refractivity contribution in [1.82, 2.24) is 0 Å². The highest BCUT2D eigenvalue weighted by Crippen LogP contribution is 2.36. The van der Waals surface area contributed by atoms with Gasteiger partial charge in [-0.05, 0) is 91.8 Å². The molecule has 2 nitrogen and oxygen atoms in total. The van der Waals surface area contributed by atoms with Gasteiger partial charge < -0.3 is 4.74 Å². The molecule has 0 aliphatic heterocycles. The molecule has 2 heteroatoms. The first-order valence-corrected chi connectivity index (χ1v) is 7.12. The van der Waals surface area contributed by atoms with Gasteiger partial charge in [0.25, 0.3) is 0 Å². The lowest BCUT2D eigenvalue weighted by molar-refractivity contribution is 0.112. The minimum atomic E-state index is 0.670. The summed E-state index contributed by atoms with van der Waals surface area (Å²) in [6.45, 7) is 10.7. The van der Waals surface area contributed by atoms with Crippen LogP contribution in [0.4, 0.5) is 0 Å². The van der Waals surface area contributed by atoms with Gasteiger partial charge in [-0.1, -0.05) is 0 Å². The van der Waals surface area contributed by atoms with Crippen molar-refractivity contribution >= 4 is 6.29 Å². The normalized spacial score (nSPS) is 10.6. The first-order chi connectivity index (χ1) is 9.92. The van der Waals surface area contributed by atoms with Crippen molar-refractivity contribution in [2.24, 2.45) is 0 Å². The minimum absolute atomic E-state index is 0.670. The van der Waals surface area contributed by atoms with Crippen LogP contribution >= 0.6 is 0 Å². The van der Waals surface area contributed by atoms with E-state index in [-0.39, 0.29) is 0 Å². The summed E-state index contributed by atoms with van der Waals surface area (Å²) < 4.78 is 5.22. The zero-order chi connectivity index (χ0) is 15.7. The molecule has 0 N–H and O–H groups in total. The third kappa shape index (κ3) is 2.46. The number of carbonyl (C=O) groups excluding carboxylic acids is 1. The Morgan fingerprint density at radius 2 is 1.38 bits per heavy atom. The molecular formula is C19H22O2. The highest BCUT2D eigenvalue weighted by Gasteiger charge is 2.16. The molecule has 2 rings (SSSR count). The van der Waals surface area contributed by atoms with Gasteiger partial charge in [-0.15, -0.1) is 0 Å². The van der Waals surface area contributed by atoms with E-state index in [0.29, 0.717) is 11.3 Å². The smallest absolute Gasteiger partial charge is 0.150 e. The van der Waals surface area contributed by atoms with Gasteiger partial charge in [-0.3, -0.25) is 4.79 Å². The van der Waals surface area contributed by atoms with Crippen LogP contribution in [0.25, 0.3) is 11.1 Å². The molecule has 2 aromatic rings. The summed E-state index contributed by atoms with van der Waals surface area (Å²) in [6, 6.07) is 5.68. The van der Waals surface area contributed by atoms with Crippen LogP contribution in [0.15, 0.2) is 18.2 Å². The number of hydrogen-bond donors (Lipinski definition) is 0. The van der Waals surface area contributed by atoms with Gasteiger partial charge >= 0.3 is 0 Å². The molecule has 110 valence electrons. The highest BCUT2D eigenvalue weighted by atomic mass is 16.5. The van der Waals surface area contributed by atoms with E-state index in [1.807, 2.05) is 12.1 Å². The van der Waals surface area contributed by atoms with Crippen LogP contribution < -0.4 is 4.74 Å². The van der Waals surface area contributed by atoms with Gasteiger partial charge in [0.15, 0.2) is 6.29 Å². The van der Waals surface area contributed by atoms with Crippen LogP contribution in [-0.4, -0.2) is 13.4 Å². The van der Waals surface area contributed by atoms with E-state index in [1.54, 1.807) is 13.2 Å². The molecule has 0 fully saturated rings. The molecule has 0 aliphatic carbocycles. The predicted octanol–water partition coefficient (Wildman–Crippen LogP) is 4.72. The number of methoxy groups -OCH3 is 1. The van der Waals surface area contributed by atoms with Gasteiger partial charge in [0.2, 0.25) is 0 Å². The molecule has 0 aliphatic rings. The van der Waals surface area contributed by atoms with Crippen LogP contribution in [0.3, 0.4) is 0 Å². The lowest BCUT2D eigenvalue weighted by atomic mass is 9.85. The average Bonchev–Trinajstić information content (AvgIpc) is 2.51. The topological polar surface area (TPSA) is 26.3 Å². The van der Waals surface area contributed by atoms with Crippen LogP contribution in [0.1, 0.15) is 38.2 Å². The van der Waals surface area contributed by atoms with Crippen LogP contribution in [0, 0.1) is 34.6 Å². The van der Waals surface area contributed by atoms with E-state index < -0.39 is 0 Å². The molecular weight excluding hydrogens is 260 g/mol. The van der Waals surface area contributed by atoms with Crippen LogP contribution in [0.2, 0.25) is 0 Å². The number of rotatable bonds is 3. The zero-order valence-electron chi connectivity index (χ0n) is 13.6. The maximum absolute atomic E-state index is 11.5. The molecule has 0 unspecified atom stereocenters.